The second-order valence-corrected chi connectivity index (χ2v) is 10.2. The molecule has 3 aliphatic rings. The fourth-order valence-electron chi connectivity index (χ4n) is 6.04. The maximum absolute atomic E-state index is 6.25. The third-order valence-corrected chi connectivity index (χ3v) is 7.90. The van der Waals surface area contributed by atoms with E-state index in [0.717, 1.165) is 67.9 Å². The van der Waals surface area contributed by atoms with E-state index in [9.17, 15) is 0 Å². The number of halogens is 1. The van der Waals surface area contributed by atoms with Crippen molar-refractivity contribution >= 4 is 23.4 Å². The van der Waals surface area contributed by atoms with Crippen LogP contribution in [0.3, 0.4) is 0 Å². The second kappa shape index (κ2) is 8.73. The van der Waals surface area contributed by atoms with Crippen molar-refractivity contribution in [3.63, 3.8) is 0 Å². The summed E-state index contributed by atoms with van der Waals surface area (Å²) in [6.07, 6.45) is 4.63. The minimum Gasteiger partial charge on any atom is -0.482 e. The van der Waals surface area contributed by atoms with Crippen LogP contribution in [0.1, 0.15) is 43.8 Å². The van der Waals surface area contributed by atoms with E-state index in [2.05, 4.69) is 33.2 Å². The molecule has 1 unspecified atom stereocenters. The van der Waals surface area contributed by atoms with Gasteiger partial charge in [-0.05, 0) is 49.8 Å². The smallest absolute Gasteiger partial charge is 0.242 e. The lowest BCUT2D eigenvalue weighted by Gasteiger charge is -2.47. The molecule has 1 saturated carbocycles. The van der Waals surface area contributed by atoms with Gasteiger partial charge < -0.3 is 15.0 Å². The molecule has 2 aromatic heterocycles. The van der Waals surface area contributed by atoms with Gasteiger partial charge in [-0.3, -0.25) is 0 Å². The highest BCUT2D eigenvalue weighted by molar-refractivity contribution is 6.30. The molecule has 6 rings (SSSR count). The summed E-state index contributed by atoms with van der Waals surface area (Å²) in [5.41, 5.74) is 1.01. The van der Waals surface area contributed by atoms with Gasteiger partial charge in [0, 0.05) is 48.4 Å². The van der Waals surface area contributed by atoms with Crippen LogP contribution in [0, 0.1) is 24.7 Å². The van der Waals surface area contributed by atoms with Crippen molar-refractivity contribution in [3.05, 3.63) is 53.2 Å². The van der Waals surface area contributed by atoms with Gasteiger partial charge in [-0.1, -0.05) is 31.0 Å². The maximum atomic E-state index is 6.25. The molecule has 5 atom stereocenters. The number of nitrogens with one attached hydrogen (secondary N) is 1. The Morgan fingerprint density at radius 2 is 2.06 bits per heavy atom. The van der Waals surface area contributed by atoms with Gasteiger partial charge in [-0.15, -0.1) is 5.10 Å². The quantitative estimate of drug-likeness (QED) is 0.556. The Hall–Kier alpha value is -2.87. The molecule has 0 bridgehead atoms. The van der Waals surface area contributed by atoms with E-state index in [1.54, 1.807) is 6.33 Å². The fourth-order valence-corrected chi connectivity index (χ4v) is 6.22. The van der Waals surface area contributed by atoms with Crippen molar-refractivity contribution in [1.82, 2.24) is 24.7 Å². The van der Waals surface area contributed by atoms with Crippen LogP contribution in [0.4, 0.5) is 11.8 Å². The van der Waals surface area contributed by atoms with Crippen LogP contribution in [0.2, 0.25) is 5.02 Å². The molecule has 1 saturated heterocycles. The number of benzene rings is 1. The minimum absolute atomic E-state index is 0.116. The third kappa shape index (κ3) is 3.87. The highest BCUT2D eigenvalue weighted by Gasteiger charge is 2.54. The highest BCUT2D eigenvalue weighted by Crippen LogP contribution is 2.49. The van der Waals surface area contributed by atoms with E-state index < -0.39 is 0 Å². The molecule has 8 nitrogen and oxygen atoms in total. The topological polar surface area (TPSA) is 81.0 Å². The van der Waals surface area contributed by atoms with Gasteiger partial charge in [-0.2, -0.15) is 4.98 Å². The average molecular weight is 480 g/mol. The molecule has 0 radical (unpaired) electrons. The summed E-state index contributed by atoms with van der Waals surface area (Å²) >= 11 is 6.14. The zero-order valence-electron chi connectivity index (χ0n) is 19.6. The normalized spacial score (nSPS) is 27.6. The van der Waals surface area contributed by atoms with Crippen molar-refractivity contribution in [3.8, 4) is 5.75 Å². The summed E-state index contributed by atoms with van der Waals surface area (Å²) in [6, 6.07) is 10.0. The number of ether oxygens (including phenoxy) is 1. The highest BCUT2D eigenvalue weighted by atomic mass is 35.5. The maximum Gasteiger partial charge on any atom is 0.242 e. The van der Waals surface area contributed by atoms with Gasteiger partial charge in [0.25, 0.3) is 0 Å². The zero-order chi connectivity index (χ0) is 23.2. The first-order chi connectivity index (χ1) is 16.6. The van der Waals surface area contributed by atoms with Crippen LogP contribution in [-0.4, -0.2) is 43.9 Å². The van der Waals surface area contributed by atoms with Gasteiger partial charge in [0.05, 0.1) is 0 Å². The van der Waals surface area contributed by atoms with E-state index in [1.807, 2.05) is 35.9 Å². The Kier molecular flexibility index (Phi) is 5.56. The van der Waals surface area contributed by atoms with Crippen molar-refractivity contribution in [1.29, 1.82) is 0 Å². The van der Waals surface area contributed by atoms with Crippen molar-refractivity contribution in [2.45, 2.75) is 51.8 Å². The Bertz CT molecular complexity index is 1180. The Morgan fingerprint density at radius 1 is 1.18 bits per heavy atom. The molecule has 2 fully saturated rings. The van der Waals surface area contributed by atoms with Crippen LogP contribution in [0.25, 0.3) is 0 Å². The summed E-state index contributed by atoms with van der Waals surface area (Å²) in [5, 5.41) is 9.19. The molecule has 0 amide bonds. The minimum atomic E-state index is -0.116. The van der Waals surface area contributed by atoms with E-state index in [1.165, 1.54) is 0 Å². The Labute approximate surface area is 204 Å². The summed E-state index contributed by atoms with van der Waals surface area (Å²) in [5.74, 6) is 5.26. The first-order valence-corrected chi connectivity index (χ1v) is 12.6. The van der Waals surface area contributed by atoms with Crippen LogP contribution < -0.4 is 15.0 Å². The lowest BCUT2D eigenvalue weighted by Crippen LogP contribution is -2.54. The number of fused-ring (bicyclic) bond motifs is 2. The summed E-state index contributed by atoms with van der Waals surface area (Å²) in [6.45, 7) is 7.23. The van der Waals surface area contributed by atoms with Crippen LogP contribution in [-0.2, 0) is 6.54 Å². The number of aryl methyl sites for hydroxylation is 2. The molecule has 1 aliphatic carbocycles. The number of aromatic nitrogens is 5. The number of hydrogen-bond donors (Lipinski definition) is 1. The van der Waals surface area contributed by atoms with Gasteiger partial charge in [0.2, 0.25) is 5.95 Å². The molecule has 4 heterocycles. The van der Waals surface area contributed by atoms with Gasteiger partial charge in [0.1, 0.15) is 17.9 Å². The van der Waals surface area contributed by atoms with Crippen molar-refractivity contribution < 1.29 is 4.74 Å². The monoisotopic (exact) mass is 479 g/mol. The number of rotatable bonds is 6. The van der Waals surface area contributed by atoms with Gasteiger partial charge in [-0.25, -0.2) is 14.6 Å². The molecule has 2 aliphatic heterocycles. The first kappa shape index (κ1) is 21.6. The second-order valence-electron chi connectivity index (χ2n) is 9.72. The predicted octanol–water partition coefficient (Wildman–Crippen LogP) is 4.52. The summed E-state index contributed by atoms with van der Waals surface area (Å²) in [4.78, 5) is 16.1. The lowest BCUT2D eigenvalue weighted by molar-refractivity contribution is 0.0915. The number of hydrogen-bond acceptors (Lipinski definition) is 7. The van der Waals surface area contributed by atoms with Gasteiger partial charge in [0.15, 0.2) is 11.9 Å². The van der Waals surface area contributed by atoms with Crippen LogP contribution in [0.15, 0.2) is 36.7 Å². The van der Waals surface area contributed by atoms with Gasteiger partial charge >= 0.3 is 0 Å². The Morgan fingerprint density at radius 3 is 2.88 bits per heavy atom. The van der Waals surface area contributed by atoms with Crippen molar-refractivity contribution in [2.75, 3.05) is 23.3 Å². The third-order valence-electron chi connectivity index (χ3n) is 7.66. The molecule has 1 aromatic carbocycles. The molecular formula is C25H30ClN7O. The molecule has 9 heteroatoms. The predicted molar refractivity (Wildman–Crippen MR) is 131 cm³/mol. The zero-order valence-corrected chi connectivity index (χ0v) is 20.3. The number of anilines is 2. The molecule has 0 spiro atoms. The summed E-state index contributed by atoms with van der Waals surface area (Å²) in [7, 11) is 0. The molecule has 1 N–H and O–H groups in total. The molecule has 3 aromatic rings. The average Bonchev–Trinajstić information content (AvgIpc) is 3.41. The first-order valence-electron chi connectivity index (χ1n) is 12.3. The van der Waals surface area contributed by atoms with Crippen LogP contribution >= 0.6 is 11.6 Å². The standard InChI is InChI=1S/C25H30ClN7O/c1-3-18-19-12-32(22-10-15(2)27-14-28-22)13-20(19)23(18)29-25-30-24-21(8-5-9-33(24)31-25)34-17-7-4-6-16(26)11-17/h4,6-7,10-11,14,18-21,23H,3,5,8-9,12-13H2,1-2H3,(H,29,31)/t18-,19?,20-,21-,23-/m1/s1. The van der Waals surface area contributed by atoms with Crippen molar-refractivity contribution in [2.24, 2.45) is 17.8 Å². The van der Waals surface area contributed by atoms with E-state index in [4.69, 9.17) is 26.4 Å². The van der Waals surface area contributed by atoms with E-state index >= 15 is 0 Å². The molecular weight excluding hydrogens is 450 g/mol. The van der Waals surface area contributed by atoms with E-state index in [0.29, 0.717) is 28.8 Å². The molecule has 178 valence electrons. The summed E-state index contributed by atoms with van der Waals surface area (Å²) < 4.78 is 8.25. The largest absolute Gasteiger partial charge is 0.482 e. The SMILES string of the molecule is CC[C@@H]1C2CN(c3cc(C)ncn3)C[C@H]2[C@@H]1Nc1nc2n(n1)CCC[C@H]2Oc1cccc(Cl)c1. The van der Waals surface area contributed by atoms with Crippen LogP contribution in [0.5, 0.6) is 5.75 Å². The van der Waals surface area contributed by atoms with E-state index in [-0.39, 0.29) is 6.10 Å². The lowest BCUT2D eigenvalue weighted by atomic mass is 9.61. The fraction of sp³-hybridized carbons (Fsp3) is 0.520. The molecule has 34 heavy (non-hydrogen) atoms. The number of nitrogens with zero attached hydrogens (tertiary/aromatic N) is 6. The Balaban J connectivity index is 1.17.